The normalized spacial score (nSPS) is 13.2. The van der Waals surface area contributed by atoms with E-state index in [4.69, 9.17) is 0 Å². The Labute approximate surface area is 164 Å². The molecule has 3 aromatic rings. The van der Waals surface area contributed by atoms with Crippen molar-refractivity contribution in [2.75, 3.05) is 0 Å². The summed E-state index contributed by atoms with van der Waals surface area (Å²) in [4.78, 5) is 17.4. The van der Waals surface area contributed by atoms with Gasteiger partial charge in [-0.2, -0.15) is 0 Å². The Kier molecular flexibility index (Phi) is 5.24. The van der Waals surface area contributed by atoms with Gasteiger partial charge in [0, 0.05) is 17.5 Å². The standard InChI is InChI=1S/C23H24FN3O/c1-16-19-10-3-5-12-21(19)27(15-17-8-2-4-11-20(17)24)22(16)23(28)26-14-18-9-6-7-13-25-18/h2,4,6-9,11,13H,3,5,10,12,14-15H2,1H3,(H,26,28). The van der Waals surface area contributed by atoms with Gasteiger partial charge in [0.25, 0.3) is 5.91 Å². The van der Waals surface area contributed by atoms with Gasteiger partial charge < -0.3 is 9.88 Å². The van der Waals surface area contributed by atoms with Crippen LogP contribution in [0.25, 0.3) is 0 Å². The molecule has 0 unspecified atom stereocenters. The number of hydrogen-bond acceptors (Lipinski definition) is 2. The SMILES string of the molecule is Cc1c2c(n(Cc3ccccc3F)c1C(=O)NCc1ccccn1)CCCC2. The largest absolute Gasteiger partial charge is 0.345 e. The zero-order valence-corrected chi connectivity index (χ0v) is 16.0. The number of hydrogen-bond donors (Lipinski definition) is 1. The van der Waals surface area contributed by atoms with E-state index >= 15 is 0 Å². The highest BCUT2D eigenvalue weighted by Crippen LogP contribution is 2.30. The van der Waals surface area contributed by atoms with Gasteiger partial charge in [-0.25, -0.2) is 4.39 Å². The molecule has 0 aliphatic heterocycles. The average molecular weight is 377 g/mol. The van der Waals surface area contributed by atoms with E-state index < -0.39 is 0 Å². The summed E-state index contributed by atoms with van der Waals surface area (Å²) < 4.78 is 16.3. The highest BCUT2D eigenvalue weighted by atomic mass is 19.1. The Morgan fingerprint density at radius 2 is 1.93 bits per heavy atom. The van der Waals surface area contributed by atoms with Crippen LogP contribution in [-0.2, 0) is 25.9 Å². The lowest BCUT2D eigenvalue weighted by molar-refractivity contribution is 0.0940. The number of halogens is 1. The molecule has 0 fully saturated rings. The predicted molar refractivity (Wildman–Crippen MR) is 107 cm³/mol. The van der Waals surface area contributed by atoms with Crippen molar-refractivity contribution in [3.8, 4) is 0 Å². The van der Waals surface area contributed by atoms with Crippen molar-refractivity contribution in [2.24, 2.45) is 0 Å². The first-order valence-corrected chi connectivity index (χ1v) is 9.77. The predicted octanol–water partition coefficient (Wildman–Crippen LogP) is 4.19. The highest BCUT2D eigenvalue weighted by molar-refractivity contribution is 5.95. The van der Waals surface area contributed by atoms with E-state index in [-0.39, 0.29) is 11.7 Å². The molecule has 0 radical (unpaired) electrons. The fraction of sp³-hybridized carbons (Fsp3) is 0.304. The van der Waals surface area contributed by atoms with Crippen molar-refractivity contribution in [2.45, 2.75) is 45.7 Å². The van der Waals surface area contributed by atoms with Gasteiger partial charge in [0.1, 0.15) is 11.5 Å². The van der Waals surface area contributed by atoms with Gasteiger partial charge >= 0.3 is 0 Å². The third-order valence-corrected chi connectivity index (χ3v) is 5.50. The molecular formula is C23H24FN3O. The van der Waals surface area contributed by atoms with Gasteiger partial charge in [0.2, 0.25) is 0 Å². The second-order valence-electron chi connectivity index (χ2n) is 7.29. The molecule has 4 nitrogen and oxygen atoms in total. The third-order valence-electron chi connectivity index (χ3n) is 5.50. The highest BCUT2D eigenvalue weighted by Gasteiger charge is 2.26. The van der Waals surface area contributed by atoms with Crippen molar-refractivity contribution in [1.29, 1.82) is 0 Å². The van der Waals surface area contributed by atoms with E-state index in [1.54, 1.807) is 18.3 Å². The smallest absolute Gasteiger partial charge is 0.268 e. The molecule has 0 saturated carbocycles. The Hall–Kier alpha value is -2.95. The molecule has 0 bridgehead atoms. The summed E-state index contributed by atoms with van der Waals surface area (Å²) in [6, 6.07) is 12.4. The van der Waals surface area contributed by atoms with Crippen molar-refractivity contribution in [3.05, 3.63) is 88.3 Å². The van der Waals surface area contributed by atoms with Crippen LogP contribution in [0.4, 0.5) is 4.39 Å². The molecule has 1 aliphatic rings. The number of rotatable bonds is 5. The molecule has 4 rings (SSSR count). The van der Waals surface area contributed by atoms with E-state index in [0.717, 1.165) is 36.9 Å². The van der Waals surface area contributed by atoms with Crippen molar-refractivity contribution >= 4 is 5.91 Å². The number of fused-ring (bicyclic) bond motifs is 1. The van der Waals surface area contributed by atoms with Crippen LogP contribution in [0.3, 0.4) is 0 Å². The van der Waals surface area contributed by atoms with Crippen LogP contribution in [-0.4, -0.2) is 15.5 Å². The first-order chi connectivity index (χ1) is 13.6. The van der Waals surface area contributed by atoms with E-state index in [1.165, 1.54) is 17.3 Å². The Morgan fingerprint density at radius 3 is 2.71 bits per heavy atom. The van der Waals surface area contributed by atoms with Gasteiger partial charge in [0.05, 0.1) is 18.8 Å². The molecule has 1 amide bonds. The van der Waals surface area contributed by atoms with Crippen LogP contribution in [0, 0.1) is 12.7 Å². The Bertz CT molecular complexity index is 995. The van der Waals surface area contributed by atoms with E-state index in [9.17, 15) is 9.18 Å². The quantitative estimate of drug-likeness (QED) is 0.725. The minimum absolute atomic E-state index is 0.131. The summed E-state index contributed by atoms with van der Waals surface area (Å²) in [6.07, 6.45) is 5.85. The first kappa shape index (κ1) is 18.4. The van der Waals surface area contributed by atoms with Crippen LogP contribution in [0.15, 0.2) is 48.7 Å². The Balaban J connectivity index is 1.68. The monoisotopic (exact) mass is 377 g/mol. The molecule has 2 heterocycles. The van der Waals surface area contributed by atoms with Gasteiger partial charge in [-0.1, -0.05) is 24.3 Å². The zero-order chi connectivity index (χ0) is 19.5. The van der Waals surface area contributed by atoms with Gasteiger partial charge in [-0.3, -0.25) is 9.78 Å². The maximum absolute atomic E-state index is 14.3. The van der Waals surface area contributed by atoms with Crippen molar-refractivity contribution < 1.29 is 9.18 Å². The van der Waals surface area contributed by atoms with E-state index in [2.05, 4.69) is 10.3 Å². The molecule has 5 heteroatoms. The number of amides is 1. The lowest BCUT2D eigenvalue weighted by Gasteiger charge is -2.17. The van der Waals surface area contributed by atoms with Crippen LogP contribution < -0.4 is 5.32 Å². The molecule has 1 aliphatic carbocycles. The van der Waals surface area contributed by atoms with Crippen LogP contribution in [0.5, 0.6) is 0 Å². The third kappa shape index (κ3) is 3.57. The van der Waals surface area contributed by atoms with Crippen LogP contribution in [0.2, 0.25) is 0 Å². The van der Waals surface area contributed by atoms with Crippen molar-refractivity contribution in [1.82, 2.24) is 14.9 Å². The van der Waals surface area contributed by atoms with Gasteiger partial charge in [-0.05, 0) is 61.9 Å². The molecule has 0 spiro atoms. The second-order valence-corrected chi connectivity index (χ2v) is 7.29. The molecule has 1 N–H and O–H groups in total. The van der Waals surface area contributed by atoms with E-state index in [0.29, 0.717) is 24.3 Å². The minimum Gasteiger partial charge on any atom is -0.345 e. The molecule has 1 aromatic carbocycles. The fourth-order valence-corrected chi connectivity index (χ4v) is 4.09. The minimum atomic E-state index is -0.238. The lowest BCUT2D eigenvalue weighted by atomic mass is 9.95. The van der Waals surface area contributed by atoms with E-state index in [1.807, 2.05) is 35.8 Å². The molecule has 2 aromatic heterocycles. The first-order valence-electron chi connectivity index (χ1n) is 9.77. The van der Waals surface area contributed by atoms with Crippen LogP contribution in [0.1, 0.15) is 51.4 Å². The second kappa shape index (κ2) is 7.97. The van der Waals surface area contributed by atoms with Crippen molar-refractivity contribution in [3.63, 3.8) is 0 Å². The summed E-state index contributed by atoms with van der Waals surface area (Å²) >= 11 is 0. The number of carbonyl (C=O) groups is 1. The fourth-order valence-electron chi connectivity index (χ4n) is 4.09. The summed E-state index contributed by atoms with van der Waals surface area (Å²) in [5, 5.41) is 2.99. The Morgan fingerprint density at radius 1 is 1.14 bits per heavy atom. The number of nitrogens with zero attached hydrogens (tertiary/aromatic N) is 2. The molecular weight excluding hydrogens is 353 g/mol. The maximum atomic E-state index is 14.3. The maximum Gasteiger partial charge on any atom is 0.268 e. The topological polar surface area (TPSA) is 46.9 Å². The molecule has 0 atom stereocenters. The lowest BCUT2D eigenvalue weighted by Crippen LogP contribution is -2.27. The van der Waals surface area contributed by atoms with Crippen LogP contribution >= 0.6 is 0 Å². The number of aromatic nitrogens is 2. The number of carbonyl (C=O) groups excluding carboxylic acids is 1. The van der Waals surface area contributed by atoms with Gasteiger partial charge in [0.15, 0.2) is 0 Å². The van der Waals surface area contributed by atoms with Gasteiger partial charge in [-0.15, -0.1) is 0 Å². The number of pyridine rings is 1. The average Bonchev–Trinajstić information content (AvgIpc) is 3.01. The summed E-state index contributed by atoms with van der Waals surface area (Å²) in [6.45, 7) is 2.75. The zero-order valence-electron chi connectivity index (χ0n) is 16.0. The number of nitrogens with one attached hydrogen (secondary N) is 1. The summed E-state index contributed by atoms with van der Waals surface area (Å²) in [5.74, 6) is -0.368. The summed E-state index contributed by atoms with van der Waals surface area (Å²) in [5.41, 5.74) is 5.51. The number of benzene rings is 1. The summed E-state index contributed by atoms with van der Waals surface area (Å²) in [7, 11) is 0. The molecule has 28 heavy (non-hydrogen) atoms. The molecule has 144 valence electrons. The molecule has 0 saturated heterocycles.